The number of benzene rings is 1. The fourth-order valence-corrected chi connectivity index (χ4v) is 2.25. The molecule has 6 nitrogen and oxygen atoms in total. The lowest BCUT2D eigenvalue weighted by molar-refractivity contribution is -0.142. The van der Waals surface area contributed by atoms with Gasteiger partial charge in [0.2, 0.25) is 0 Å². The Morgan fingerprint density at radius 3 is 2.14 bits per heavy atom. The largest absolute Gasteiger partial charge is 0.480 e. The first-order valence-electron chi connectivity index (χ1n) is 7.50. The van der Waals surface area contributed by atoms with Gasteiger partial charge in [-0.1, -0.05) is 36.8 Å². The van der Waals surface area contributed by atoms with Crippen LogP contribution < -0.4 is 11.1 Å². The Labute approximate surface area is 130 Å². The van der Waals surface area contributed by atoms with Crippen molar-refractivity contribution in [2.75, 3.05) is 6.54 Å². The molecular weight excluding hydrogens is 284 g/mol. The summed E-state index contributed by atoms with van der Waals surface area (Å²) in [6, 6.07) is 7.80. The minimum atomic E-state index is -1.03. The summed E-state index contributed by atoms with van der Waals surface area (Å²) in [5.41, 5.74) is 6.42. The van der Waals surface area contributed by atoms with Gasteiger partial charge in [-0.25, -0.2) is 0 Å². The minimum Gasteiger partial charge on any atom is -0.480 e. The van der Waals surface area contributed by atoms with E-state index in [4.69, 9.17) is 5.73 Å². The fraction of sp³-hybridized carbons (Fsp3) is 0.500. The summed E-state index contributed by atoms with van der Waals surface area (Å²) in [5.74, 6) is -2.05. The zero-order valence-electron chi connectivity index (χ0n) is 12.6. The molecule has 0 bridgehead atoms. The summed E-state index contributed by atoms with van der Waals surface area (Å²) in [4.78, 5) is 22.6. The van der Waals surface area contributed by atoms with E-state index in [1.165, 1.54) is 0 Å². The van der Waals surface area contributed by atoms with Crippen molar-refractivity contribution in [2.24, 2.45) is 5.73 Å². The minimum absolute atomic E-state index is 0.347. The number of carboxylic acid groups (broad SMARTS) is 2. The summed E-state index contributed by atoms with van der Waals surface area (Å²) >= 11 is 0. The highest BCUT2D eigenvalue weighted by molar-refractivity contribution is 5.77. The van der Waals surface area contributed by atoms with Crippen LogP contribution in [0.3, 0.4) is 0 Å². The van der Waals surface area contributed by atoms with E-state index >= 15 is 0 Å². The number of carbonyl (C=O) groups is 2. The predicted octanol–water partition coefficient (Wildman–Crippen LogP) is 1.24. The Hall–Kier alpha value is -1.92. The Bertz CT molecular complexity index is 464. The lowest BCUT2D eigenvalue weighted by Gasteiger charge is -2.20. The van der Waals surface area contributed by atoms with Crippen molar-refractivity contribution in [3.8, 4) is 0 Å². The van der Waals surface area contributed by atoms with Crippen LogP contribution in [0.5, 0.6) is 0 Å². The van der Waals surface area contributed by atoms with Crippen LogP contribution in [0, 0.1) is 0 Å². The molecule has 1 rings (SSSR count). The van der Waals surface area contributed by atoms with Gasteiger partial charge in [0.15, 0.2) is 0 Å². The molecule has 2 atom stereocenters. The second-order valence-electron chi connectivity index (χ2n) is 5.26. The van der Waals surface area contributed by atoms with Gasteiger partial charge in [-0.3, -0.25) is 14.9 Å². The number of nitrogens with one attached hydrogen (secondary N) is 1. The van der Waals surface area contributed by atoms with E-state index in [9.17, 15) is 19.8 Å². The topological polar surface area (TPSA) is 113 Å². The molecule has 1 unspecified atom stereocenters. The zero-order valence-corrected chi connectivity index (χ0v) is 12.6. The van der Waals surface area contributed by atoms with E-state index in [0.29, 0.717) is 32.2 Å². The van der Waals surface area contributed by atoms with E-state index in [1.807, 2.05) is 30.3 Å². The van der Waals surface area contributed by atoms with Crippen molar-refractivity contribution in [2.45, 2.75) is 44.2 Å². The second kappa shape index (κ2) is 9.92. The van der Waals surface area contributed by atoms with Crippen molar-refractivity contribution >= 4 is 11.9 Å². The average Bonchev–Trinajstić information content (AvgIpc) is 2.50. The Morgan fingerprint density at radius 1 is 1.00 bits per heavy atom. The van der Waals surface area contributed by atoms with Crippen LogP contribution in [0.2, 0.25) is 0 Å². The summed E-state index contributed by atoms with van der Waals surface area (Å²) in [6.07, 6.45) is 2.69. The first-order valence-corrected chi connectivity index (χ1v) is 7.50. The highest BCUT2D eigenvalue weighted by Crippen LogP contribution is 2.08. The van der Waals surface area contributed by atoms with Crippen molar-refractivity contribution in [1.29, 1.82) is 0 Å². The van der Waals surface area contributed by atoms with Crippen LogP contribution in [-0.4, -0.2) is 40.8 Å². The molecule has 0 heterocycles. The Balaban J connectivity index is 2.57. The normalized spacial score (nSPS) is 13.5. The van der Waals surface area contributed by atoms with E-state index < -0.39 is 24.0 Å². The molecule has 0 aliphatic carbocycles. The highest BCUT2D eigenvalue weighted by Gasteiger charge is 2.25. The van der Waals surface area contributed by atoms with Gasteiger partial charge >= 0.3 is 11.9 Å². The Kier molecular flexibility index (Phi) is 8.17. The van der Waals surface area contributed by atoms with Crippen molar-refractivity contribution < 1.29 is 19.8 Å². The number of hydrogen-bond acceptors (Lipinski definition) is 4. The van der Waals surface area contributed by atoms with E-state index in [0.717, 1.165) is 12.0 Å². The third-order valence-corrected chi connectivity index (χ3v) is 3.51. The highest BCUT2D eigenvalue weighted by atomic mass is 16.4. The van der Waals surface area contributed by atoms with Crippen LogP contribution in [0.1, 0.15) is 31.2 Å². The van der Waals surface area contributed by atoms with Crippen molar-refractivity contribution in [3.63, 3.8) is 0 Å². The quantitative estimate of drug-likeness (QED) is 0.458. The van der Waals surface area contributed by atoms with Crippen molar-refractivity contribution in [1.82, 2.24) is 5.32 Å². The van der Waals surface area contributed by atoms with Crippen molar-refractivity contribution in [3.05, 3.63) is 35.9 Å². The maximum atomic E-state index is 11.3. The summed E-state index contributed by atoms with van der Waals surface area (Å²) in [6.45, 7) is 0.503. The maximum Gasteiger partial charge on any atom is 0.320 e. The smallest absolute Gasteiger partial charge is 0.320 e. The number of nitrogens with two attached hydrogens (primary N) is 1. The van der Waals surface area contributed by atoms with Gasteiger partial charge < -0.3 is 15.9 Å². The maximum absolute atomic E-state index is 11.3. The predicted molar refractivity (Wildman–Crippen MR) is 83.7 cm³/mol. The van der Waals surface area contributed by atoms with Gasteiger partial charge in [0.25, 0.3) is 0 Å². The molecule has 22 heavy (non-hydrogen) atoms. The zero-order chi connectivity index (χ0) is 16.4. The molecule has 1 aromatic rings. The molecule has 1 aromatic carbocycles. The monoisotopic (exact) mass is 308 g/mol. The molecule has 0 radical (unpaired) electrons. The second-order valence-corrected chi connectivity index (χ2v) is 5.26. The average molecular weight is 308 g/mol. The first kappa shape index (κ1) is 18.1. The number of aryl methyl sites for hydroxylation is 1. The number of rotatable bonds is 11. The lowest BCUT2D eigenvalue weighted by Crippen LogP contribution is -2.47. The molecule has 5 N–H and O–H groups in total. The third-order valence-electron chi connectivity index (χ3n) is 3.51. The number of aliphatic carboxylic acids is 2. The molecule has 0 saturated carbocycles. The molecule has 122 valence electrons. The summed E-state index contributed by atoms with van der Waals surface area (Å²) in [7, 11) is 0. The van der Waals surface area contributed by atoms with Gasteiger partial charge in [0, 0.05) is 0 Å². The molecule has 0 spiro atoms. The van der Waals surface area contributed by atoms with Crippen LogP contribution in [0.15, 0.2) is 30.3 Å². The van der Waals surface area contributed by atoms with Gasteiger partial charge in [0.1, 0.15) is 12.1 Å². The van der Waals surface area contributed by atoms with Gasteiger partial charge in [0.05, 0.1) is 0 Å². The molecule has 0 aromatic heterocycles. The molecule has 0 aliphatic heterocycles. The number of carboxylic acids is 2. The van der Waals surface area contributed by atoms with Gasteiger partial charge in [-0.2, -0.15) is 0 Å². The fourth-order valence-electron chi connectivity index (χ4n) is 2.25. The van der Waals surface area contributed by atoms with Crippen LogP contribution in [0.4, 0.5) is 0 Å². The molecule has 0 fully saturated rings. The first-order chi connectivity index (χ1) is 10.5. The van der Waals surface area contributed by atoms with E-state index in [1.54, 1.807) is 0 Å². The summed E-state index contributed by atoms with van der Waals surface area (Å²) < 4.78 is 0. The molecule has 0 saturated heterocycles. The number of hydrogen-bond donors (Lipinski definition) is 4. The number of unbranched alkanes of at least 4 members (excludes halogenated alkanes) is 1. The van der Waals surface area contributed by atoms with Gasteiger partial charge in [-0.05, 0) is 37.8 Å². The standard InChI is InChI=1S/C16H24N2O4/c17-11-5-4-8-13(15(19)20)18-14(16(21)22)10-9-12-6-2-1-3-7-12/h1-3,6-7,13-14,18H,4-5,8-11,17H2,(H,19,20)(H,21,22)/t13?,14-/m0/s1. The van der Waals surface area contributed by atoms with Gasteiger partial charge in [-0.15, -0.1) is 0 Å². The lowest BCUT2D eigenvalue weighted by atomic mass is 10.0. The molecule has 6 heteroatoms. The SMILES string of the molecule is NCCCCC(N[C@@H](CCc1ccccc1)C(=O)O)C(=O)O. The third kappa shape index (κ3) is 6.69. The molecule has 0 aliphatic rings. The van der Waals surface area contributed by atoms with Crippen LogP contribution in [-0.2, 0) is 16.0 Å². The van der Waals surface area contributed by atoms with Crippen LogP contribution in [0.25, 0.3) is 0 Å². The molecular formula is C16H24N2O4. The Morgan fingerprint density at radius 2 is 1.59 bits per heavy atom. The van der Waals surface area contributed by atoms with E-state index in [2.05, 4.69) is 5.32 Å². The van der Waals surface area contributed by atoms with E-state index in [-0.39, 0.29) is 0 Å². The summed E-state index contributed by atoms with van der Waals surface area (Å²) in [5, 5.41) is 21.2. The molecule has 0 amide bonds. The van der Waals surface area contributed by atoms with Crippen LogP contribution >= 0.6 is 0 Å².